The zero-order valence-electron chi connectivity index (χ0n) is 3.12. The van der Waals surface area contributed by atoms with E-state index in [1.54, 1.807) is 6.55 Å². The van der Waals surface area contributed by atoms with Gasteiger partial charge in [0, 0.05) is 0 Å². The van der Waals surface area contributed by atoms with Gasteiger partial charge in [-0.1, -0.05) is 16.3 Å². The van der Waals surface area contributed by atoms with Gasteiger partial charge in [0.1, 0.15) is 0 Å². The van der Waals surface area contributed by atoms with E-state index in [9.17, 15) is 0 Å². The second kappa shape index (κ2) is 8.90. The van der Waals surface area contributed by atoms with Crippen molar-refractivity contribution in [2.24, 2.45) is 0 Å². The molecule has 0 radical (unpaired) electrons. The summed E-state index contributed by atoms with van der Waals surface area (Å²) >= 11 is 0. The topological polar surface area (TPSA) is 23.1 Å². The Hall–Kier alpha value is 1.18. The summed E-state index contributed by atoms with van der Waals surface area (Å²) in [4.78, 5) is 9.07. The molecule has 0 aromatic carbocycles. The molecular weight excluding hydrogens is 79.1 g/mol. The van der Waals surface area contributed by atoms with Crippen LogP contribution in [-0.2, 0) is 0 Å². The van der Waals surface area contributed by atoms with Crippen LogP contribution in [0, 0.1) is 0 Å². The fourth-order valence-corrected chi connectivity index (χ4v) is 0. The van der Waals surface area contributed by atoms with Crippen molar-refractivity contribution < 1.29 is 34.4 Å². The van der Waals surface area contributed by atoms with Crippen LogP contribution in [0.2, 0.25) is 6.55 Å². The maximum Gasteiger partial charge on any atom is 1.00 e. The minimum atomic E-state index is -0.833. The predicted octanol–water partition coefficient (Wildman–Crippen LogP) is -4.52. The van der Waals surface area contributed by atoms with Crippen molar-refractivity contribution in [3.8, 4) is 0 Å². The van der Waals surface area contributed by atoms with Crippen molar-refractivity contribution in [1.29, 1.82) is 0 Å². The molecule has 0 aliphatic rings. The Morgan fingerprint density at radius 1 is 1.75 bits per heavy atom. The molecule has 0 atom stereocenters. The summed E-state index contributed by atoms with van der Waals surface area (Å²) in [6.45, 7) is 1.71. The zero-order chi connectivity index (χ0) is 2.71. The van der Waals surface area contributed by atoms with Crippen LogP contribution in [0.4, 0.5) is 0 Å². The van der Waals surface area contributed by atoms with Crippen molar-refractivity contribution in [2.45, 2.75) is 6.55 Å². The monoisotopic (exact) mass is 84.0 g/mol. The van der Waals surface area contributed by atoms with Gasteiger partial charge in [0.15, 0.2) is 0 Å². The molecule has 0 bridgehead atoms. The van der Waals surface area contributed by atoms with Crippen molar-refractivity contribution in [3.05, 3.63) is 0 Å². The third-order valence-corrected chi connectivity index (χ3v) is 0. The molecule has 3 heteroatoms. The average molecular weight is 84.1 g/mol. The molecule has 0 rings (SSSR count). The summed E-state index contributed by atoms with van der Waals surface area (Å²) in [6, 6.07) is 0. The van der Waals surface area contributed by atoms with Crippen molar-refractivity contribution >= 4 is 9.76 Å². The normalized spacial score (nSPS) is 7.50. The third kappa shape index (κ3) is 10.9. The maximum absolute atomic E-state index is 9.07. The molecule has 4 heavy (non-hydrogen) atoms. The number of hydrogen-bond donors (Lipinski definition) is 0. The van der Waals surface area contributed by atoms with Crippen molar-refractivity contribution in [3.63, 3.8) is 0 Å². The molecule has 1 nitrogen and oxygen atoms in total. The van der Waals surface area contributed by atoms with Crippen LogP contribution in [0.3, 0.4) is 0 Å². The molecule has 20 valence electrons. The molecule has 0 aromatic heterocycles. The first-order valence-electron chi connectivity index (χ1n) is 0.996. The molecule has 0 heterocycles. The molecule has 0 saturated carbocycles. The molecule has 0 fully saturated rings. The Kier molecular flexibility index (Phi) is 19.9. The van der Waals surface area contributed by atoms with Crippen molar-refractivity contribution in [1.82, 2.24) is 0 Å². The molecule has 0 aliphatic heterocycles. The van der Waals surface area contributed by atoms with E-state index < -0.39 is 9.76 Å². The van der Waals surface area contributed by atoms with E-state index in [0.29, 0.717) is 0 Å². The molecular formula is CH5NaOSi. The van der Waals surface area contributed by atoms with Gasteiger partial charge in [-0.05, 0) is 0 Å². The Morgan fingerprint density at radius 2 is 1.75 bits per heavy atom. The van der Waals surface area contributed by atoms with E-state index >= 15 is 0 Å². The SMILES string of the molecule is C[SiH2][O-].[Na+]. The Balaban J connectivity index is 0. The van der Waals surface area contributed by atoms with Gasteiger partial charge in [-0.25, -0.2) is 0 Å². The summed E-state index contributed by atoms with van der Waals surface area (Å²) in [6.07, 6.45) is 0. The van der Waals surface area contributed by atoms with Gasteiger partial charge >= 0.3 is 29.6 Å². The van der Waals surface area contributed by atoms with Crippen LogP contribution in [0.1, 0.15) is 0 Å². The third-order valence-electron chi connectivity index (χ3n) is 0. The molecule has 0 spiro atoms. The second-order valence-electron chi connectivity index (χ2n) is 0.289. The van der Waals surface area contributed by atoms with E-state index in [1.165, 1.54) is 0 Å². The molecule has 0 unspecified atom stereocenters. The smallest absolute Gasteiger partial charge is 0.863 e. The van der Waals surface area contributed by atoms with E-state index in [4.69, 9.17) is 4.80 Å². The quantitative estimate of drug-likeness (QED) is 0.271. The Morgan fingerprint density at radius 3 is 1.75 bits per heavy atom. The fraction of sp³-hybridized carbons (Fsp3) is 1.00. The van der Waals surface area contributed by atoms with Crippen LogP contribution >= 0.6 is 0 Å². The first-order valence-corrected chi connectivity index (χ1v) is 2.99. The molecule has 0 amide bonds. The van der Waals surface area contributed by atoms with Crippen molar-refractivity contribution in [2.75, 3.05) is 0 Å². The predicted molar refractivity (Wildman–Crippen MR) is 14.4 cm³/mol. The standard InChI is InChI=1S/CH5OSi.Na/c1-3-2;/h3H2,1H3;/q-1;+1. The van der Waals surface area contributed by atoms with Crippen LogP contribution < -0.4 is 34.4 Å². The average Bonchev–Trinajstić information content (AvgIpc) is 0.918. The fourth-order valence-electron chi connectivity index (χ4n) is 0. The first-order chi connectivity index (χ1) is 1.41. The summed E-state index contributed by atoms with van der Waals surface area (Å²) in [7, 11) is -0.833. The van der Waals surface area contributed by atoms with Crippen LogP contribution in [0.15, 0.2) is 0 Å². The maximum atomic E-state index is 9.07. The van der Waals surface area contributed by atoms with E-state index in [-0.39, 0.29) is 29.6 Å². The molecule has 0 aliphatic carbocycles. The van der Waals surface area contributed by atoms with Crippen LogP contribution in [0.5, 0.6) is 0 Å². The van der Waals surface area contributed by atoms with Crippen LogP contribution in [-0.4, -0.2) is 9.76 Å². The molecule has 0 N–H and O–H groups in total. The van der Waals surface area contributed by atoms with Gasteiger partial charge in [0.05, 0.1) is 0 Å². The summed E-state index contributed by atoms with van der Waals surface area (Å²) < 4.78 is 0. The number of rotatable bonds is 0. The molecule has 0 aromatic rings. The number of hydrogen-bond acceptors (Lipinski definition) is 1. The van der Waals surface area contributed by atoms with E-state index in [1.807, 2.05) is 0 Å². The minimum absolute atomic E-state index is 0. The molecule has 0 saturated heterocycles. The Bertz CT molecular complexity index is 8.00. The van der Waals surface area contributed by atoms with Gasteiger partial charge in [0.2, 0.25) is 0 Å². The van der Waals surface area contributed by atoms with Gasteiger partial charge in [0.25, 0.3) is 0 Å². The summed E-state index contributed by atoms with van der Waals surface area (Å²) in [5, 5.41) is 0. The summed E-state index contributed by atoms with van der Waals surface area (Å²) in [5.74, 6) is 0. The summed E-state index contributed by atoms with van der Waals surface area (Å²) in [5.41, 5.74) is 0. The van der Waals surface area contributed by atoms with E-state index in [2.05, 4.69) is 0 Å². The largest absolute Gasteiger partial charge is 1.00 e. The van der Waals surface area contributed by atoms with Gasteiger partial charge in [-0.15, -0.1) is 0 Å². The van der Waals surface area contributed by atoms with Gasteiger partial charge < -0.3 is 4.80 Å². The van der Waals surface area contributed by atoms with Gasteiger partial charge in [-0.2, -0.15) is 0 Å². The first kappa shape index (κ1) is 8.95. The van der Waals surface area contributed by atoms with Gasteiger partial charge in [-0.3, -0.25) is 0 Å². The Labute approximate surface area is 50.6 Å². The zero-order valence-corrected chi connectivity index (χ0v) is 6.53. The van der Waals surface area contributed by atoms with Crippen LogP contribution in [0.25, 0.3) is 0 Å². The van der Waals surface area contributed by atoms with E-state index in [0.717, 1.165) is 0 Å². The minimum Gasteiger partial charge on any atom is -0.863 e. The second-order valence-corrected chi connectivity index (χ2v) is 0.866.